The second-order valence-corrected chi connectivity index (χ2v) is 9.00. The number of nitrogens with zero attached hydrogens (tertiary/aromatic N) is 5. The third-order valence-electron chi connectivity index (χ3n) is 6.29. The molecular formula is C25H32N6O2. The second-order valence-electron chi connectivity index (χ2n) is 9.00. The van der Waals surface area contributed by atoms with E-state index in [0.29, 0.717) is 25.2 Å². The topological polar surface area (TPSA) is 73.7 Å². The Morgan fingerprint density at radius 3 is 2.45 bits per heavy atom. The zero-order chi connectivity index (χ0) is 23.7. The molecule has 0 bridgehead atoms. The number of amides is 3. The van der Waals surface area contributed by atoms with Gasteiger partial charge in [0.25, 0.3) is 5.91 Å². The van der Waals surface area contributed by atoms with Gasteiger partial charge in [-0.2, -0.15) is 0 Å². The first-order chi connectivity index (χ1) is 15.7. The molecule has 8 nitrogen and oxygen atoms in total. The fraction of sp³-hybridized carbons (Fsp3) is 0.400. The number of urea groups is 1. The molecule has 0 saturated carbocycles. The van der Waals surface area contributed by atoms with E-state index in [2.05, 4.69) is 14.8 Å². The van der Waals surface area contributed by atoms with Crippen molar-refractivity contribution in [2.75, 3.05) is 45.6 Å². The lowest BCUT2D eigenvalue weighted by Gasteiger charge is -2.34. The molecule has 3 amide bonds. The Bertz CT molecular complexity index is 1190. The standard InChI is InChI=1S/C25H32N6O2/c1-17-6-7-18(2)20(14-17)27-25(33)31-12-10-30(11-13-31)16-23-26-21-15-19(24(32)28(3)4)8-9-22(21)29(23)5/h6-9,14-15H,10-13,16H2,1-5H3,(H,27,33). The van der Waals surface area contributed by atoms with E-state index in [0.717, 1.165) is 46.8 Å². The van der Waals surface area contributed by atoms with Crippen molar-refractivity contribution in [3.63, 3.8) is 0 Å². The molecule has 0 radical (unpaired) electrons. The summed E-state index contributed by atoms with van der Waals surface area (Å²) in [7, 11) is 5.50. The fourth-order valence-electron chi connectivity index (χ4n) is 4.16. The molecular weight excluding hydrogens is 416 g/mol. The third-order valence-corrected chi connectivity index (χ3v) is 6.29. The fourth-order valence-corrected chi connectivity index (χ4v) is 4.16. The van der Waals surface area contributed by atoms with Crippen LogP contribution in [0.1, 0.15) is 27.3 Å². The summed E-state index contributed by atoms with van der Waals surface area (Å²) in [6, 6.07) is 11.7. The number of anilines is 1. The molecule has 0 aliphatic carbocycles. The maximum absolute atomic E-state index is 12.8. The lowest BCUT2D eigenvalue weighted by atomic mass is 10.1. The molecule has 1 saturated heterocycles. The van der Waals surface area contributed by atoms with Gasteiger partial charge in [0, 0.05) is 58.6 Å². The molecule has 1 fully saturated rings. The Balaban J connectivity index is 1.38. The molecule has 1 aliphatic heterocycles. The highest BCUT2D eigenvalue weighted by molar-refractivity contribution is 5.97. The molecule has 0 spiro atoms. The molecule has 1 N–H and O–H groups in total. The highest BCUT2D eigenvalue weighted by Gasteiger charge is 2.23. The smallest absolute Gasteiger partial charge is 0.321 e. The predicted molar refractivity (Wildman–Crippen MR) is 131 cm³/mol. The quantitative estimate of drug-likeness (QED) is 0.665. The molecule has 3 aromatic rings. The van der Waals surface area contributed by atoms with Crippen LogP contribution >= 0.6 is 0 Å². The van der Waals surface area contributed by atoms with Crippen LogP contribution in [-0.4, -0.2) is 76.5 Å². The number of aromatic nitrogens is 2. The molecule has 174 valence electrons. The number of hydrogen-bond acceptors (Lipinski definition) is 4. The zero-order valence-corrected chi connectivity index (χ0v) is 20.1. The Kier molecular flexibility index (Phi) is 6.37. The SMILES string of the molecule is Cc1ccc(C)c(NC(=O)N2CCN(Cc3nc4cc(C(=O)N(C)C)ccc4n3C)CC2)c1. The van der Waals surface area contributed by atoms with Crippen LogP contribution in [0.15, 0.2) is 36.4 Å². The Labute approximate surface area is 194 Å². The lowest BCUT2D eigenvalue weighted by molar-refractivity contribution is 0.0827. The van der Waals surface area contributed by atoms with Gasteiger partial charge in [-0.1, -0.05) is 12.1 Å². The highest BCUT2D eigenvalue weighted by Crippen LogP contribution is 2.20. The number of benzene rings is 2. The van der Waals surface area contributed by atoms with E-state index in [9.17, 15) is 9.59 Å². The van der Waals surface area contributed by atoms with E-state index in [-0.39, 0.29) is 11.9 Å². The molecule has 4 rings (SSSR count). The van der Waals surface area contributed by atoms with Gasteiger partial charge in [0.2, 0.25) is 0 Å². The molecule has 33 heavy (non-hydrogen) atoms. The minimum atomic E-state index is -0.0517. The number of piperazine rings is 1. The van der Waals surface area contributed by atoms with Crippen LogP contribution in [0, 0.1) is 13.8 Å². The summed E-state index contributed by atoms with van der Waals surface area (Å²) >= 11 is 0. The van der Waals surface area contributed by atoms with Gasteiger partial charge in [0.1, 0.15) is 5.82 Å². The summed E-state index contributed by atoms with van der Waals surface area (Å²) in [6.07, 6.45) is 0. The first-order valence-corrected chi connectivity index (χ1v) is 11.3. The largest absolute Gasteiger partial charge is 0.345 e. The normalized spacial score (nSPS) is 14.5. The van der Waals surface area contributed by atoms with Gasteiger partial charge in [-0.15, -0.1) is 0 Å². The molecule has 8 heteroatoms. The van der Waals surface area contributed by atoms with Crippen LogP contribution in [0.5, 0.6) is 0 Å². The van der Waals surface area contributed by atoms with Crippen molar-refractivity contribution in [2.45, 2.75) is 20.4 Å². The van der Waals surface area contributed by atoms with E-state index < -0.39 is 0 Å². The number of carbonyl (C=O) groups excluding carboxylic acids is 2. The van der Waals surface area contributed by atoms with Crippen LogP contribution in [0.2, 0.25) is 0 Å². The maximum atomic E-state index is 12.8. The summed E-state index contributed by atoms with van der Waals surface area (Å²) < 4.78 is 2.08. The van der Waals surface area contributed by atoms with E-state index in [1.165, 1.54) is 0 Å². The predicted octanol–water partition coefficient (Wildman–Crippen LogP) is 3.24. The number of carbonyl (C=O) groups is 2. The van der Waals surface area contributed by atoms with Gasteiger partial charge in [-0.25, -0.2) is 9.78 Å². The van der Waals surface area contributed by atoms with E-state index in [1.54, 1.807) is 19.0 Å². The Morgan fingerprint density at radius 1 is 1.03 bits per heavy atom. The van der Waals surface area contributed by atoms with E-state index >= 15 is 0 Å². The van der Waals surface area contributed by atoms with Crippen LogP contribution in [0.3, 0.4) is 0 Å². The van der Waals surface area contributed by atoms with Crippen molar-refractivity contribution < 1.29 is 9.59 Å². The van der Waals surface area contributed by atoms with Crippen molar-refractivity contribution in [3.8, 4) is 0 Å². The summed E-state index contributed by atoms with van der Waals surface area (Å²) in [5, 5.41) is 3.06. The molecule has 2 heterocycles. The second kappa shape index (κ2) is 9.23. The van der Waals surface area contributed by atoms with Crippen molar-refractivity contribution in [1.29, 1.82) is 0 Å². The van der Waals surface area contributed by atoms with Gasteiger partial charge >= 0.3 is 6.03 Å². The monoisotopic (exact) mass is 448 g/mol. The van der Waals surface area contributed by atoms with Gasteiger partial charge in [0.05, 0.1) is 17.6 Å². The Morgan fingerprint density at radius 2 is 1.76 bits per heavy atom. The van der Waals surface area contributed by atoms with Gasteiger partial charge in [-0.05, 0) is 49.2 Å². The van der Waals surface area contributed by atoms with Crippen LogP contribution in [-0.2, 0) is 13.6 Å². The van der Waals surface area contributed by atoms with E-state index in [4.69, 9.17) is 4.98 Å². The van der Waals surface area contributed by atoms with Gasteiger partial charge < -0.3 is 19.7 Å². The van der Waals surface area contributed by atoms with Crippen molar-refractivity contribution >= 4 is 28.7 Å². The summed E-state index contributed by atoms with van der Waals surface area (Å²) in [5.41, 5.74) is 5.53. The minimum Gasteiger partial charge on any atom is -0.345 e. The lowest BCUT2D eigenvalue weighted by Crippen LogP contribution is -2.49. The molecule has 1 aliphatic rings. The molecule has 1 aromatic heterocycles. The number of fused-ring (bicyclic) bond motifs is 1. The third kappa shape index (κ3) is 4.85. The average molecular weight is 449 g/mol. The van der Waals surface area contributed by atoms with Crippen LogP contribution < -0.4 is 5.32 Å². The van der Waals surface area contributed by atoms with Crippen molar-refractivity contribution in [2.24, 2.45) is 7.05 Å². The zero-order valence-electron chi connectivity index (χ0n) is 20.1. The summed E-state index contributed by atoms with van der Waals surface area (Å²) in [4.78, 5) is 35.6. The summed E-state index contributed by atoms with van der Waals surface area (Å²) in [6.45, 7) is 7.64. The number of aryl methyl sites for hydroxylation is 3. The highest BCUT2D eigenvalue weighted by atomic mass is 16.2. The number of rotatable bonds is 4. The van der Waals surface area contributed by atoms with Crippen LogP contribution in [0.4, 0.5) is 10.5 Å². The number of hydrogen-bond donors (Lipinski definition) is 1. The maximum Gasteiger partial charge on any atom is 0.321 e. The molecule has 0 atom stereocenters. The average Bonchev–Trinajstić information content (AvgIpc) is 3.10. The van der Waals surface area contributed by atoms with Gasteiger partial charge in [-0.3, -0.25) is 9.69 Å². The summed E-state index contributed by atoms with van der Waals surface area (Å²) in [5.74, 6) is 0.923. The van der Waals surface area contributed by atoms with Gasteiger partial charge in [0.15, 0.2) is 0 Å². The molecule has 2 aromatic carbocycles. The first-order valence-electron chi connectivity index (χ1n) is 11.3. The minimum absolute atomic E-state index is 0.0284. The molecule has 0 unspecified atom stereocenters. The first kappa shape index (κ1) is 22.8. The van der Waals surface area contributed by atoms with Crippen molar-refractivity contribution in [1.82, 2.24) is 24.3 Å². The van der Waals surface area contributed by atoms with E-state index in [1.807, 2.05) is 62.2 Å². The van der Waals surface area contributed by atoms with Crippen molar-refractivity contribution in [3.05, 3.63) is 58.9 Å². The van der Waals surface area contributed by atoms with Crippen LogP contribution in [0.25, 0.3) is 11.0 Å². The number of imidazole rings is 1. The number of nitrogens with one attached hydrogen (secondary N) is 1. The Hall–Kier alpha value is -3.39.